The summed E-state index contributed by atoms with van der Waals surface area (Å²) in [6, 6.07) is 5.29. The van der Waals surface area contributed by atoms with Gasteiger partial charge in [-0.3, -0.25) is 0 Å². The van der Waals surface area contributed by atoms with Crippen molar-refractivity contribution in [3.63, 3.8) is 0 Å². The summed E-state index contributed by atoms with van der Waals surface area (Å²) in [5.41, 5.74) is 2.06. The fourth-order valence-electron chi connectivity index (χ4n) is 2.36. The van der Waals surface area contributed by atoms with Gasteiger partial charge in [0.05, 0.1) is 0 Å². The number of carboxylic acid groups (broad SMARTS) is 1. The van der Waals surface area contributed by atoms with Crippen LogP contribution in [0.1, 0.15) is 24.3 Å². The average molecular weight is 268 g/mol. The van der Waals surface area contributed by atoms with Crippen LogP contribution in [0.25, 0.3) is 10.9 Å². The maximum absolute atomic E-state index is 11.0. The molecule has 96 valence electrons. The Labute approximate surface area is 109 Å². The van der Waals surface area contributed by atoms with Crippen molar-refractivity contribution < 1.29 is 15.0 Å². The second-order valence-electron chi connectivity index (χ2n) is 4.15. The molecule has 4 nitrogen and oxygen atoms in total. The Morgan fingerprint density at radius 1 is 1.50 bits per heavy atom. The molecule has 2 rings (SSSR count). The molecule has 0 aliphatic carbocycles. The summed E-state index contributed by atoms with van der Waals surface area (Å²) < 4.78 is 1.97. The van der Waals surface area contributed by atoms with E-state index in [1.807, 2.05) is 17.6 Å². The van der Waals surface area contributed by atoms with Crippen LogP contribution >= 0.6 is 11.6 Å². The number of hydrogen-bond donors (Lipinski definition) is 2. The number of benzene rings is 1. The highest BCUT2D eigenvalue weighted by Crippen LogP contribution is 2.32. The number of aromatic nitrogens is 1. The van der Waals surface area contributed by atoms with E-state index in [9.17, 15) is 9.90 Å². The van der Waals surface area contributed by atoms with Gasteiger partial charge in [0.25, 0.3) is 0 Å². The van der Waals surface area contributed by atoms with Crippen LogP contribution in [-0.4, -0.2) is 20.7 Å². The highest BCUT2D eigenvalue weighted by Gasteiger charge is 2.24. The fourth-order valence-corrected chi connectivity index (χ4v) is 2.53. The number of fused-ring (bicyclic) bond motifs is 1. The van der Waals surface area contributed by atoms with Crippen LogP contribution in [0.4, 0.5) is 0 Å². The first-order valence-corrected chi connectivity index (χ1v) is 6.04. The van der Waals surface area contributed by atoms with E-state index in [0.717, 1.165) is 11.2 Å². The predicted octanol–water partition coefficient (Wildman–Crippen LogP) is 2.74. The molecule has 1 aromatic heterocycles. The first-order valence-electron chi connectivity index (χ1n) is 5.66. The number of aliphatic hydroxyl groups is 1. The van der Waals surface area contributed by atoms with Crippen molar-refractivity contribution in [1.82, 2.24) is 4.57 Å². The average Bonchev–Trinajstić information content (AvgIpc) is 2.59. The second kappa shape index (κ2) is 4.63. The van der Waals surface area contributed by atoms with E-state index in [-0.39, 0.29) is 0 Å². The zero-order chi connectivity index (χ0) is 13.4. The maximum Gasteiger partial charge on any atom is 0.337 e. The lowest BCUT2D eigenvalue weighted by atomic mass is 10.1. The van der Waals surface area contributed by atoms with Gasteiger partial charge in [-0.2, -0.15) is 0 Å². The zero-order valence-corrected chi connectivity index (χ0v) is 10.9. The van der Waals surface area contributed by atoms with Gasteiger partial charge < -0.3 is 14.8 Å². The maximum atomic E-state index is 11.0. The molecule has 1 heterocycles. The summed E-state index contributed by atoms with van der Waals surface area (Å²) in [5.74, 6) is -1.26. The van der Waals surface area contributed by atoms with E-state index in [2.05, 4.69) is 0 Å². The van der Waals surface area contributed by atoms with Gasteiger partial charge in [0.15, 0.2) is 6.10 Å². The number of nitrogens with zero attached hydrogens (tertiary/aromatic N) is 1. The van der Waals surface area contributed by atoms with Crippen molar-refractivity contribution in [3.05, 3.63) is 34.5 Å². The van der Waals surface area contributed by atoms with Crippen molar-refractivity contribution in [1.29, 1.82) is 0 Å². The number of carbonyl (C=O) groups is 1. The summed E-state index contributed by atoms with van der Waals surface area (Å²) in [6.07, 6.45) is -1.53. The molecule has 1 unspecified atom stereocenters. The molecular formula is C13H14ClNO3. The molecule has 5 heteroatoms. The van der Waals surface area contributed by atoms with Crippen molar-refractivity contribution in [2.45, 2.75) is 26.5 Å². The van der Waals surface area contributed by atoms with Crippen LogP contribution < -0.4 is 0 Å². The SMILES string of the molecule is CCn1c(C)c(C(O)C(=O)O)c2cc(Cl)ccc21. The zero-order valence-electron chi connectivity index (χ0n) is 10.1. The molecule has 0 saturated carbocycles. The van der Waals surface area contributed by atoms with Crippen molar-refractivity contribution in [2.75, 3.05) is 0 Å². The second-order valence-corrected chi connectivity index (χ2v) is 4.58. The molecule has 0 saturated heterocycles. The van der Waals surface area contributed by atoms with Gasteiger partial charge in [-0.15, -0.1) is 0 Å². The smallest absolute Gasteiger partial charge is 0.337 e. The Morgan fingerprint density at radius 3 is 2.72 bits per heavy atom. The number of aryl methyl sites for hydroxylation is 1. The monoisotopic (exact) mass is 267 g/mol. The van der Waals surface area contributed by atoms with Crippen molar-refractivity contribution in [3.8, 4) is 0 Å². The van der Waals surface area contributed by atoms with Crippen molar-refractivity contribution in [2.24, 2.45) is 0 Å². The third-order valence-electron chi connectivity index (χ3n) is 3.16. The molecule has 1 atom stereocenters. The lowest BCUT2D eigenvalue weighted by molar-refractivity contribution is -0.146. The fraction of sp³-hybridized carbons (Fsp3) is 0.308. The Bertz CT molecular complexity index is 618. The van der Waals surface area contributed by atoms with Crippen LogP contribution in [0, 0.1) is 6.92 Å². The minimum Gasteiger partial charge on any atom is -0.479 e. The molecule has 0 radical (unpaired) electrons. The molecule has 0 bridgehead atoms. The third-order valence-corrected chi connectivity index (χ3v) is 3.39. The molecule has 0 amide bonds. The molecule has 2 N–H and O–H groups in total. The normalized spacial score (nSPS) is 12.9. The highest BCUT2D eigenvalue weighted by atomic mass is 35.5. The Kier molecular flexibility index (Phi) is 3.32. The highest BCUT2D eigenvalue weighted by molar-refractivity contribution is 6.31. The lowest BCUT2D eigenvalue weighted by Crippen LogP contribution is -2.11. The van der Waals surface area contributed by atoms with Crippen LogP contribution in [0.5, 0.6) is 0 Å². The Hall–Kier alpha value is -1.52. The molecular weight excluding hydrogens is 254 g/mol. The molecule has 0 spiro atoms. The summed E-state index contributed by atoms with van der Waals surface area (Å²) in [6.45, 7) is 4.48. The van der Waals surface area contributed by atoms with Crippen molar-refractivity contribution >= 4 is 28.5 Å². The number of aliphatic carboxylic acids is 1. The number of halogens is 1. The van der Waals surface area contributed by atoms with Gasteiger partial charge in [0, 0.05) is 33.7 Å². The van der Waals surface area contributed by atoms with E-state index in [4.69, 9.17) is 16.7 Å². The van der Waals surface area contributed by atoms with Crippen LogP contribution in [0.2, 0.25) is 5.02 Å². The van der Waals surface area contributed by atoms with Gasteiger partial charge in [-0.25, -0.2) is 4.79 Å². The molecule has 0 aliphatic rings. The van der Waals surface area contributed by atoms with Crippen LogP contribution in [0.15, 0.2) is 18.2 Å². The standard InChI is InChI=1S/C13H14ClNO3/c1-3-15-7(2)11(12(16)13(17)18)9-6-8(14)4-5-10(9)15/h4-6,12,16H,3H2,1-2H3,(H,17,18). The predicted molar refractivity (Wildman–Crippen MR) is 70.0 cm³/mol. The van der Waals surface area contributed by atoms with Gasteiger partial charge in [-0.1, -0.05) is 11.6 Å². The first kappa shape index (κ1) is 12.9. The molecule has 0 fully saturated rings. The largest absolute Gasteiger partial charge is 0.479 e. The summed E-state index contributed by atoms with van der Waals surface area (Å²) >= 11 is 5.94. The van der Waals surface area contributed by atoms with E-state index < -0.39 is 12.1 Å². The molecule has 18 heavy (non-hydrogen) atoms. The Balaban J connectivity index is 2.82. The molecule has 0 aliphatic heterocycles. The summed E-state index contributed by atoms with van der Waals surface area (Å²) in [5, 5.41) is 20.0. The number of carboxylic acids is 1. The van der Waals surface area contributed by atoms with Gasteiger partial charge >= 0.3 is 5.97 Å². The van der Waals surface area contributed by atoms with Gasteiger partial charge in [-0.05, 0) is 32.0 Å². The summed E-state index contributed by atoms with van der Waals surface area (Å²) in [7, 11) is 0. The number of rotatable bonds is 3. The van der Waals surface area contributed by atoms with E-state index in [1.54, 1.807) is 19.1 Å². The lowest BCUT2D eigenvalue weighted by Gasteiger charge is -2.07. The third kappa shape index (κ3) is 1.87. The minimum absolute atomic E-state index is 0.418. The Morgan fingerprint density at radius 2 is 2.17 bits per heavy atom. The topological polar surface area (TPSA) is 62.5 Å². The van der Waals surface area contributed by atoms with Gasteiger partial charge in [0.2, 0.25) is 0 Å². The van der Waals surface area contributed by atoms with Crippen LogP contribution in [-0.2, 0) is 11.3 Å². The van der Waals surface area contributed by atoms with E-state index in [0.29, 0.717) is 22.5 Å². The summed E-state index contributed by atoms with van der Waals surface area (Å²) in [4.78, 5) is 11.0. The van der Waals surface area contributed by atoms with E-state index >= 15 is 0 Å². The first-order chi connectivity index (χ1) is 8.47. The molecule has 1 aromatic carbocycles. The van der Waals surface area contributed by atoms with E-state index in [1.165, 1.54) is 0 Å². The number of aliphatic hydroxyl groups excluding tert-OH is 1. The minimum atomic E-state index is -1.53. The van der Waals surface area contributed by atoms with Crippen LogP contribution in [0.3, 0.4) is 0 Å². The quantitative estimate of drug-likeness (QED) is 0.899. The van der Waals surface area contributed by atoms with Gasteiger partial charge in [0.1, 0.15) is 0 Å². The number of hydrogen-bond acceptors (Lipinski definition) is 2. The molecule has 2 aromatic rings.